The van der Waals surface area contributed by atoms with E-state index in [-0.39, 0.29) is 11.1 Å². The molecule has 1 heterocycles. The number of aromatic nitrogens is 1. The molecule has 0 N–H and O–H groups in total. The third kappa shape index (κ3) is 3.29. The van der Waals surface area contributed by atoms with Gasteiger partial charge in [-0.3, -0.25) is 9.19 Å². The average Bonchev–Trinajstić information content (AvgIpc) is 3.46. The van der Waals surface area contributed by atoms with Crippen LogP contribution < -0.4 is 4.74 Å². The van der Waals surface area contributed by atoms with E-state index < -0.39 is 10.8 Å². The van der Waals surface area contributed by atoms with Crippen LogP contribution in [0.25, 0.3) is 10.9 Å². The molecule has 25 heavy (non-hydrogen) atoms. The molecule has 0 bridgehead atoms. The summed E-state index contributed by atoms with van der Waals surface area (Å²) in [6.45, 7) is 1.91. The number of aryl methyl sites for hydroxylation is 1. The van der Waals surface area contributed by atoms with E-state index in [4.69, 9.17) is 4.74 Å². The average molecular weight is 355 g/mol. The van der Waals surface area contributed by atoms with Gasteiger partial charge in [-0.2, -0.15) is 0 Å². The van der Waals surface area contributed by atoms with Gasteiger partial charge in [-0.15, -0.1) is 0 Å². The van der Waals surface area contributed by atoms with Gasteiger partial charge in [0.15, 0.2) is 0 Å². The van der Waals surface area contributed by atoms with Crippen LogP contribution in [0.2, 0.25) is 0 Å². The quantitative estimate of drug-likeness (QED) is 0.647. The molecule has 3 aromatic rings. The highest BCUT2D eigenvalue weighted by atomic mass is 32.2. The maximum atomic E-state index is 14.0. The molecule has 3 nitrogen and oxygen atoms in total. The van der Waals surface area contributed by atoms with Gasteiger partial charge in [0.2, 0.25) is 0 Å². The van der Waals surface area contributed by atoms with Crippen LogP contribution >= 0.6 is 0 Å². The normalized spacial score (nSPS) is 15.3. The molecule has 1 aliphatic rings. The summed E-state index contributed by atoms with van der Waals surface area (Å²) in [6.07, 6.45) is 4.33. The second-order valence-electron chi connectivity index (χ2n) is 6.19. The Morgan fingerprint density at radius 3 is 2.76 bits per heavy atom. The van der Waals surface area contributed by atoms with E-state index in [1.807, 2.05) is 25.1 Å². The molecule has 1 aromatic heterocycles. The van der Waals surface area contributed by atoms with E-state index >= 15 is 0 Å². The molecule has 1 fully saturated rings. The molecule has 1 saturated carbocycles. The highest BCUT2D eigenvalue weighted by molar-refractivity contribution is 7.86. The highest BCUT2D eigenvalue weighted by Gasteiger charge is 2.29. The Kier molecular flexibility index (Phi) is 4.25. The summed E-state index contributed by atoms with van der Waals surface area (Å²) in [5.41, 5.74) is 1.42. The zero-order chi connectivity index (χ0) is 17.4. The topological polar surface area (TPSA) is 39.2 Å². The van der Waals surface area contributed by atoms with Crippen LogP contribution in [0.15, 0.2) is 53.6 Å². The third-order valence-electron chi connectivity index (χ3n) is 4.37. The first kappa shape index (κ1) is 16.2. The van der Waals surface area contributed by atoms with E-state index in [0.717, 1.165) is 28.6 Å². The van der Waals surface area contributed by atoms with Crippen molar-refractivity contribution in [3.63, 3.8) is 0 Å². The summed E-state index contributed by atoms with van der Waals surface area (Å²) in [6, 6.07) is 12.3. The van der Waals surface area contributed by atoms with Gasteiger partial charge in [-0.05, 0) is 55.2 Å². The molecule has 4 rings (SSSR count). The summed E-state index contributed by atoms with van der Waals surface area (Å²) in [4.78, 5) is 5.13. The van der Waals surface area contributed by atoms with Crippen molar-refractivity contribution in [1.29, 1.82) is 0 Å². The fourth-order valence-corrected chi connectivity index (χ4v) is 4.18. The van der Waals surface area contributed by atoms with Crippen LogP contribution in [-0.2, 0) is 17.2 Å². The fraction of sp³-hybridized carbons (Fsp3) is 0.250. The predicted octanol–water partition coefficient (Wildman–Crippen LogP) is 5.00. The van der Waals surface area contributed by atoms with Gasteiger partial charge in [-0.1, -0.05) is 13.0 Å². The van der Waals surface area contributed by atoms with Gasteiger partial charge in [-0.25, -0.2) is 4.39 Å². The molecule has 1 aliphatic carbocycles. The number of hydrogen-bond acceptors (Lipinski definition) is 3. The molecule has 0 radical (unpaired) electrons. The first-order chi connectivity index (χ1) is 12.2. The molecule has 0 spiro atoms. The van der Waals surface area contributed by atoms with Crippen LogP contribution in [0.4, 0.5) is 4.39 Å². The first-order valence-electron chi connectivity index (χ1n) is 8.41. The molecule has 1 atom stereocenters. The minimum absolute atomic E-state index is 0.270. The van der Waals surface area contributed by atoms with E-state index in [0.29, 0.717) is 23.5 Å². The molecule has 1 unspecified atom stereocenters. The van der Waals surface area contributed by atoms with E-state index in [2.05, 4.69) is 4.98 Å². The monoisotopic (exact) mass is 355 g/mol. The van der Waals surface area contributed by atoms with Crippen molar-refractivity contribution in [3.8, 4) is 11.5 Å². The molecule has 5 heteroatoms. The van der Waals surface area contributed by atoms with Crippen LogP contribution in [-0.4, -0.2) is 14.4 Å². The summed E-state index contributed by atoms with van der Waals surface area (Å²) in [5.74, 6) is 0.758. The minimum Gasteiger partial charge on any atom is -0.456 e. The fourth-order valence-electron chi connectivity index (χ4n) is 2.79. The Balaban J connectivity index is 1.72. The lowest BCUT2D eigenvalue weighted by molar-refractivity contribution is 0.480. The van der Waals surface area contributed by atoms with Crippen molar-refractivity contribution in [2.75, 3.05) is 0 Å². The summed E-state index contributed by atoms with van der Waals surface area (Å²) >= 11 is 0. The van der Waals surface area contributed by atoms with Crippen LogP contribution in [0.3, 0.4) is 0 Å². The van der Waals surface area contributed by atoms with Gasteiger partial charge < -0.3 is 4.74 Å². The number of ether oxygens (including phenoxy) is 1. The van der Waals surface area contributed by atoms with E-state index in [1.54, 1.807) is 24.4 Å². The smallest absolute Gasteiger partial charge is 0.138 e. The second kappa shape index (κ2) is 6.56. The Morgan fingerprint density at radius 2 is 2.04 bits per heavy atom. The summed E-state index contributed by atoms with van der Waals surface area (Å²) in [7, 11) is -0.986. The Labute approximate surface area is 148 Å². The number of halogens is 1. The molecule has 128 valence electrons. The number of hydrogen-bond donors (Lipinski definition) is 0. The largest absolute Gasteiger partial charge is 0.456 e. The molecule has 0 aliphatic heterocycles. The van der Waals surface area contributed by atoms with Crippen molar-refractivity contribution in [3.05, 3.63) is 60.0 Å². The molecule has 0 saturated heterocycles. The Hall–Kier alpha value is -2.27. The Bertz CT molecular complexity index is 969. The van der Waals surface area contributed by atoms with Gasteiger partial charge in [0.25, 0.3) is 0 Å². The maximum Gasteiger partial charge on any atom is 0.138 e. The highest BCUT2D eigenvalue weighted by Crippen LogP contribution is 2.34. The third-order valence-corrected chi connectivity index (χ3v) is 6.16. The van der Waals surface area contributed by atoms with E-state index in [1.165, 1.54) is 6.07 Å². The summed E-state index contributed by atoms with van der Waals surface area (Å²) in [5, 5.41) is 1.06. The van der Waals surface area contributed by atoms with Gasteiger partial charge in [0.1, 0.15) is 17.3 Å². The molecular formula is C20H18FNO2S. The standard InChI is InChI=1S/C20H18FNO2S/c1-2-13-3-4-14(11-18(13)21)24-20-9-10-22-19-8-7-16(12-17(19)20)25(23)15-5-6-15/h3-4,7-12,15H,2,5-6H2,1H3. The Morgan fingerprint density at radius 1 is 1.20 bits per heavy atom. The van der Waals surface area contributed by atoms with Crippen LogP contribution in [0.5, 0.6) is 11.5 Å². The lowest BCUT2D eigenvalue weighted by Gasteiger charge is -2.11. The zero-order valence-electron chi connectivity index (χ0n) is 13.9. The lowest BCUT2D eigenvalue weighted by Crippen LogP contribution is -1.98. The SMILES string of the molecule is CCc1ccc(Oc2ccnc3ccc(S(=O)C4CC4)cc23)cc1F. The van der Waals surface area contributed by atoms with E-state index in [9.17, 15) is 8.60 Å². The molecule has 0 amide bonds. The van der Waals surface area contributed by atoms with Gasteiger partial charge in [0, 0.05) is 27.8 Å². The van der Waals surface area contributed by atoms with Crippen molar-refractivity contribution < 1.29 is 13.3 Å². The van der Waals surface area contributed by atoms with Crippen LogP contribution in [0, 0.1) is 5.82 Å². The van der Waals surface area contributed by atoms with Crippen molar-refractivity contribution in [2.24, 2.45) is 0 Å². The first-order valence-corrected chi connectivity index (χ1v) is 9.62. The van der Waals surface area contributed by atoms with Crippen molar-refractivity contribution >= 4 is 21.7 Å². The number of pyridine rings is 1. The predicted molar refractivity (Wildman–Crippen MR) is 97.0 cm³/mol. The molecule has 2 aromatic carbocycles. The van der Waals surface area contributed by atoms with Gasteiger partial charge >= 0.3 is 0 Å². The number of nitrogens with zero attached hydrogens (tertiary/aromatic N) is 1. The zero-order valence-corrected chi connectivity index (χ0v) is 14.7. The number of fused-ring (bicyclic) bond motifs is 1. The second-order valence-corrected chi connectivity index (χ2v) is 7.93. The van der Waals surface area contributed by atoms with Gasteiger partial charge in [0.05, 0.1) is 16.3 Å². The number of benzene rings is 2. The van der Waals surface area contributed by atoms with Crippen molar-refractivity contribution in [1.82, 2.24) is 4.98 Å². The number of rotatable bonds is 5. The molecular weight excluding hydrogens is 337 g/mol. The lowest BCUT2D eigenvalue weighted by atomic mass is 10.1. The van der Waals surface area contributed by atoms with Crippen molar-refractivity contribution in [2.45, 2.75) is 36.3 Å². The summed E-state index contributed by atoms with van der Waals surface area (Å²) < 4.78 is 32.3. The minimum atomic E-state index is -0.986. The maximum absolute atomic E-state index is 14.0. The van der Waals surface area contributed by atoms with Crippen LogP contribution in [0.1, 0.15) is 25.3 Å².